The molecule has 0 aliphatic rings. The van der Waals surface area contributed by atoms with E-state index in [2.05, 4.69) is 4.98 Å². The average molecular weight is 468 g/mol. The normalized spacial score (nSPS) is 12.3. The Hall–Kier alpha value is -3.04. The molecule has 0 radical (unpaired) electrons. The standard InChI is InChI=1S/C21H13ClF3NO4S/c1-12-5-8-18-17(9-12)26-20(29-18)16-7-6-14(22)11-19(16)30-31(27,28)15-4-2-3-13(10-15)21(23,24)25/h2-11H,1H3. The van der Waals surface area contributed by atoms with Crippen LogP contribution in [-0.4, -0.2) is 13.4 Å². The van der Waals surface area contributed by atoms with E-state index in [0.29, 0.717) is 17.2 Å². The summed E-state index contributed by atoms with van der Waals surface area (Å²) in [6.45, 7) is 1.88. The lowest BCUT2D eigenvalue weighted by atomic mass is 10.2. The fraction of sp³-hybridized carbons (Fsp3) is 0.0952. The van der Waals surface area contributed by atoms with Gasteiger partial charge >= 0.3 is 16.3 Å². The Morgan fingerprint density at radius 2 is 1.81 bits per heavy atom. The zero-order valence-electron chi connectivity index (χ0n) is 15.8. The average Bonchev–Trinajstić information content (AvgIpc) is 3.10. The lowest BCUT2D eigenvalue weighted by Gasteiger charge is -2.12. The Bertz CT molecular complexity index is 1400. The van der Waals surface area contributed by atoms with Gasteiger partial charge in [-0.25, -0.2) is 4.98 Å². The zero-order valence-corrected chi connectivity index (χ0v) is 17.3. The van der Waals surface area contributed by atoms with Crippen LogP contribution in [0.4, 0.5) is 13.2 Å². The van der Waals surface area contributed by atoms with Gasteiger partial charge in [0.15, 0.2) is 11.3 Å². The molecule has 5 nitrogen and oxygen atoms in total. The van der Waals surface area contributed by atoms with Crippen molar-refractivity contribution in [2.24, 2.45) is 0 Å². The summed E-state index contributed by atoms with van der Waals surface area (Å²) in [6.07, 6.45) is -4.71. The van der Waals surface area contributed by atoms with Crippen molar-refractivity contribution < 1.29 is 30.2 Å². The molecule has 4 aromatic rings. The minimum Gasteiger partial charge on any atom is -0.436 e. The van der Waals surface area contributed by atoms with Crippen molar-refractivity contribution in [1.29, 1.82) is 0 Å². The third-order valence-corrected chi connectivity index (χ3v) is 5.83. The van der Waals surface area contributed by atoms with Crippen LogP contribution in [0.5, 0.6) is 5.75 Å². The minimum atomic E-state index is -4.71. The van der Waals surface area contributed by atoms with Crippen LogP contribution >= 0.6 is 11.6 Å². The number of oxazole rings is 1. The first-order valence-corrected chi connectivity index (χ1v) is 10.6. The van der Waals surface area contributed by atoms with Gasteiger partial charge in [-0.1, -0.05) is 23.7 Å². The second-order valence-corrected chi connectivity index (χ2v) is 8.68. The second-order valence-electron chi connectivity index (χ2n) is 6.69. The van der Waals surface area contributed by atoms with E-state index in [-0.39, 0.29) is 22.2 Å². The quantitative estimate of drug-likeness (QED) is 0.332. The maximum atomic E-state index is 13.0. The third kappa shape index (κ3) is 4.38. The van der Waals surface area contributed by atoms with Crippen LogP contribution in [-0.2, 0) is 16.3 Å². The summed E-state index contributed by atoms with van der Waals surface area (Å²) in [7, 11) is -4.61. The Kier molecular flexibility index (Phi) is 5.18. The van der Waals surface area contributed by atoms with Crippen molar-refractivity contribution >= 4 is 32.8 Å². The van der Waals surface area contributed by atoms with E-state index in [0.717, 1.165) is 23.8 Å². The predicted octanol–water partition coefficient (Wildman–Crippen LogP) is 6.24. The van der Waals surface area contributed by atoms with Crippen LogP contribution in [0.1, 0.15) is 11.1 Å². The molecule has 0 saturated carbocycles. The number of rotatable bonds is 4. The van der Waals surface area contributed by atoms with Gasteiger partial charge in [-0.3, -0.25) is 0 Å². The molecule has 1 heterocycles. The van der Waals surface area contributed by atoms with E-state index in [1.165, 1.54) is 18.2 Å². The van der Waals surface area contributed by atoms with E-state index < -0.39 is 26.8 Å². The SMILES string of the molecule is Cc1ccc2oc(-c3ccc(Cl)cc3OS(=O)(=O)c3cccc(C(F)(F)F)c3)nc2c1. The summed E-state index contributed by atoms with van der Waals surface area (Å²) >= 11 is 5.99. The summed E-state index contributed by atoms with van der Waals surface area (Å²) < 4.78 is 75.2. The topological polar surface area (TPSA) is 69.4 Å². The monoisotopic (exact) mass is 467 g/mol. The highest BCUT2D eigenvalue weighted by Gasteiger charge is 2.32. The van der Waals surface area contributed by atoms with Crippen LogP contribution in [0.25, 0.3) is 22.6 Å². The molecule has 160 valence electrons. The maximum absolute atomic E-state index is 13.0. The molecule has 10 heteroatoms. The van der Waals surface area contributed by atoms with Crippen LogP contribution in [0.2, 0.25) is 5.02 Å². The van der Waals surface area contributed by atoms with Crippen LogP contribution in [0.3, 0.4) is 0 Å². The Morgan fingerprint density at radius 1 is 1.03 bits per heavy atom. The van der Waals surface area contributed by atoms with Crippen molar-refractivity contribution in [3.05, 3.63) is 76.8 Å². The van der Waals surface area contributed by atoms with Gasteiger partial charge in [-0.2, -0.15) is 21.6 Å². The number of fused-ring (bicyclic) bond motifs is 1. The molecule has 0 unspecified atom stereocenters. The molecule has 0 amide bonds. The van der Waals surface area contributed by atoms with Crippen LogP contribution < -0.4 is 4.18 Å². The van der Waals surface area contributed by atoms with Crippen molar-refractivity contribution in [1.82, 2.24) is 4.98 Å². The highest BCUT2D eigenvalue weighted by Crippen LogP contribution is 2.36. The fourth-order valence-corrected chi connectivity index (χ4v) is 4.04. The summed E-state index contributed by atoms with van der Waals surface area (Å²) in [5.41, 5.74) is 1.04. The van der Waals surface area contributed by atoms with Crippen molar-refractivity contribution in [2.45, 2.75) is 18.0 Å². The second kappa shape index (κ2) is 7.58. The molecule has 0 spiro atoms. The number of benzene rings is 3. The van der Waals surface area contributed by atoms with E-state index in [1.54, 1.807) is 12.1 Å². The molecule has 3 aromatic carbocycles. The van der Waals surface area contributed by atoms with E-state index in [4.69, 9.17) is 20.2 Å². The van der Waals surface area contributed by atoms with Crippen molar-refractivity contribution in [3.8, 4) is 17.2 Å². The van der Waals surface area contributed by atoms with Gasteiger partial charge in [0.1, 0.15) is 10.4 Å². The summed E-state index contributed by atoms with van der Waals surface area (Å²) in [4.78, 5) is 3.70. The molecule has 0 N–H and O–H groups in total. The third-order valence-electron chi connectivity index (χ3n) is 4.37. The van der Waals surface area contributed by atoms with E-state index >= 15 is 0 Å². The molecule has 0 aliphatic heterocycles. The maximum Gasteiger partial charge on any atom is 0.416 e. The lowest BCUT2D eigenvalue weighted by Crippen LogP contribution is -2.12. The summed E-state index contributed by atoms with van der Waals surface area (Å²) in [5.74, 6) is -0.153. The summed E-state index contributed by atoms with van der Waals surface area (Å²) in [5, 5.41) is 0.157. The molecule has 0 aliphatic carbocycles. The molecule has 1 aromatic heterocycles. The van der Waals surface area contributed by atoms with Gasteiger partial charge in [-0.15, -0.1) is 0 Å². The van der Waals surface area contributed by atoms with E-state index in [1.807, 2.05) is 13.0 Å². The first-order valence-electron chi connectivity index (χ1n) is 8.82. The highest BCUT2D eigenvalue weighted by atomic mass is 35.5. The number of hydrogen-bond donors (Lipinski definition) is 0. The summed E-state index contributed by atoms with van der Waals surface area (Å²) in [6, 6.07) is 12.8. The molecule has 0 saturated heterocycles. The lowest BCUT2D eigenvalue weighted by molar-refractivity contribution is -0.137. The minimum absolute atomic E-state index is 0.0755. The van der Waals surface area contributed by atoms with E-state index in [9.17, 15) is 21.6 Å². The molecular formula is C21H13ClF3NO4S. The highest BCUT2D eigenvalue weighted by molar-refractivity contribution is 7.87. The van der Waals surface area contributed by atoms with Crippen LogP contribution in [0, 0.1) is 6.92 Å². The van der Waals surface area contributed by atoms with Gasteiger partial charge in [0.25, 0.3) is 0 Å². The fourth-order valence-electron chi connectivity index (χ4n) is 2.89. The van der Waals surface area contributed by atoms with Gasteiger partial charge in [0, 0.05) is 11.1 Å². The van der Waals surface area contributed by atoms with Crippen molar-refractivity contribution in [3.63, 3.8) is 0 Å². The predicted molar refractivity (Wildman–Crippen MR) is 108 cm³/mol. The smallest absolute Gasteiger partial charge is 0.416 e. The number of aryl methyl sites for hydroxylation is 1. The van der Waals surface area contributed by atoms with Crippen molar-refractivity contribution in [2.75, 3.05) is 0 Å². The van der Waals surface area contributed by atoms with Gasteiger partial charge < -0.3 is 8.60 Å². The van der Waals surface area contributed by atoms with Gasteiger partial charge in [0.2, 0.25) is 5.89 Å². The zero-order chi connectivity index (χ0) is 22.4. The van der Waals surface area contributed by atoms with Gasteiger partial charge in [-0.05, 0) is 55.0 Å². The number of nitrogens with zero attached hydrogens (tertiary/aromatic N) is 1. The Balaban J connectivity index is 1.77. The molecular weight excluding hydrogens is 455 g/mol. The first kappa shape index (κ1) is 21.2. The largest absolute Gasteiger partial charge is 0.436 e. The number of halogens is 4. The molecule has 31 heavy (non-hydrogen) atoms. The molecule has 0 fully saturated rings. The molecule has 4 rings (SSSR count). The number of hydrogen-bond acceptors (Lipinski definition) is 5. The Morgan fingerprint density at radius 3 is 2.55 bits per heavy atom. The van der Waals surface area contributed by atoms with Crippen LogP contribution in [0.15, 0.2) is 70.0 Å². The molecule has 0 bridgehead atoms. The number of aromatic nitrogens is 1. The number of alkyl halides is 3. The molecule has 0 atom stereocenters. The van der Waals surface area contributed by atoms with Gasteiger partial charge in [0.05, 0.1) is 11.1 Å². The Labute approximate surface area is 180 Å². The first-order chi connectivity index (χ1) is 14.5.